The van der Waals surface area contributed by atoms with Crippen LogP contribution in [0.5, 0.6) is 0 Å². The van der Waals surface area contributed by atoms with E-state index in [4.69, 9.17) is 18.9 Å². The van der Waals surface area contributed by atoms with Crippen molar-refractivity contribution in [2.75, 3.05) is 30.5 Å². The molecule has 2 aromatic carbocycles. The van der Waals surface area contributed by atoms with E-state index in [1.165, 1.54) is 6.07 Å². The summed E-state index contributed by atoms with van der Waals surface area (Å²) in [5.74, 6) is -0.503. The number of ether oxygens (including phenoxy) is 4. The number of unbranched alkanes of at least 4 members (excludes halogenated alkanes) is 7. The number of rotatable bonds is 18. The summed E-state index contributed by atoms with van der Waals surface area (Å²) in [6.07, 6.45) is -15.4. The van der Waals surface area contributed by atoms with Gasteiger partial charge in [-0.3, -0.25) is 10.1 Å². The SMILES string of the molecule is CCCCCCCCCCC(=O)N[C@H]1C(CO)OCC(NC(=O)Nc2cccc(C(F)(F)F)c2)C1O[C@H]1OC(CO)[C@H](O)C(OC(=O)Nc2cccc(C(F)(F)F)c2)C1O. The Morgan fingerprint density at radius 3 is 1.88 bits per heavy atom. The fourth-order valence-corrected chi connectivity index (χ4v) is 6.82. The highest BCUT2D eigenvalue weighted by molar-refractivity contribution is 5.89. The Balaban J connectivity index is 1.55. The van der Waals surface area contributed by atoms with Gasteiger partial charge in [-0.1, -0.05) is 64.0 Å². The summed E-state index contributed by atoms with van der Waals surface area (Å²) in [6, 6.07) is 3.63. The number of carbonyl (C=O) groups excluding carboxylic acids is 3. The molecule has 0 radical (unpaired) electrons. The van der Waals surface area contributed by atoms with Crippen molar-refractivity contribution in [2.45, 2.75) is 132 Å². The highest BCUT2D eigenvalue weighted by Gasteiger charge is 2.51. The molecule has 2 aliphatic rings. The van der Waals surface area contributed by atoms with Crippen molar-refractivity contribution in [3.8, 4) is 0 Å². The molecule has 8 N–H and O–H groups in total. The molecule has 0 spiro atoms. The number of halogens is 6. The average Bonchev–Trinajstić information content (AvgIpc) is 3.19. The van der Waals surface area contributed by atoms with Crippen molar-refractivity contribution in [3.63, 3.8) is 0 Å². The Kier molecular flexibility index (Phi) is 18.2. The summed E-state index contributed by atoms with van der Waals surface area (Å²) >= 11 is 0. The van der Waals surface area contributed by atoms with Gasteiger partial charge in [-0.25, -0.2) is 9.59 Å². The Morgan fingerprint density at radius 1 is 0.750 bits per heavy atom. The number of anilines is 2. The predicted octanol–water partition coefficient (Wildman–Crippen LogP) is 5.06. The van der Waals surface area contributed by atoms with Gasteiger partial charge in [0.15, 0.2) is 12.4 Å². The highest BCUT2D eigenvalue weighted by Crippen LogP contribution is 2.33. The summed E-state index contributed by atoms with van der Waals surface area (Å²) in [4.78, 5) is 39.4. The molecule has 21 heteroatoms. The van der Waals surface area contributed by atoms with Crippen LogP contribution in [0, 0.1) is 0 Å². The lowest BCUT2D eigenvalue weighted by molar-refractivity contribution is -0.319. The molecule has 4 rings (SSSR count). The van der Waals surface area contributed by atoms with Gasteiger partial charge in [0.1, 0.15) is 30.5 Å². The molecule has 0 aliphatic carbocycles. The van der Waals surface area contributed by atoms with E-state index in [2.05, 4.69) is 28.2 Å². The lowest BCUT2D eigenvalue weighted by Crippen LogP contribution is -2.69. The van der Waals surface area contributed by atoms with Gasteiger partial charge < -0.3 is 55.3 Å². The van der Waals surface area contributed by atoms with Crippen molar-refractivity contribution in [3.05, 3.63) is 59.7 Å². The summed E-state index contributed by atoms with van der Waals surface area (Å²) in [6.45, 7) is 0.0585. The van der Waals surface area contributed by atoms with Gasteiger partial charge in [0.05, 0.1) is 43.0 Å². The quantitative estimate of drug-likeness (QED) is 0.0732. The largest absolute Gasteiger partial charge is 0.440 e. The van der Waals surface area contributed by atoms with Crippen LogP contribution in [0.4, 0.5) is 47.3 Å². The minimum Gasteiger partial charge on any atom is -0.440 e. The van der Waals surface area contributed by atoms with E-state index >= 15 is 0 Å². The minimum absolute atomic E-state index is 0.0443. The van der Waals surface area contributed by atoms with Crippen LogP contribution in [-0.4, -0.2) is 113 Å². The van der Waals surface area contributed by atoms with E-state index in [1.807, 2.05) is 0 Å². The summed E-state index contributed by atoms with van der Waals surface area (Å²) < 4.78 is 103. The third-order valence-electron chi connectivity index (χ3n) is 9.96. The van der Waals surface area contributed by atoms with E-state index in [9.17, 15) is 61.2 Å². The topological polar surface area (TPSA) is 217 Å². The Hall–Kier alpha value is -4.25. The molecule has 4 amide bonds. The molecule has 6 unspecified atom stereocenters. The number of nitrogens with one attached hydrogen (secondary N) is 4. The molecule has 15 nitrogen and oxygen atoms in total. The van der Waals surface area contributed by atoms with Gasteiger partial charge in [-0.15, -0.1) is 0 Å². The van der Waals surface area contributed by atoms with Gasteiger partial charge in [0.2, 0.25) is 5.91 Å². The Bertz CT molecular complexity index is 1690. The van der Waals surface area contributed by atoms with Crippen molar-refractivity contribution in [1.29, 1.82) is 0 Å². The Labute approximate surface area is 342 Å². The van der Waals surface area contributed by atoms with Gasteiger partial charge in [0.25, 0.3) is 0 Å². The Morgan fingerprint density at radius 2 is 1.32 bits per heavy atom. The number of hydrogen-bond donors (Lipinski definition) is 8. The fourth-order valence-electron chi connectivity index (χ4n) is 6.82. The fraction of sp³-hybridized carbons (Fsp3) is 0.615. The third kappa shape index (κ3) is 14.2. The van der Waals surface area contributed by atoms with E-state index in [-0.39, 0.29) is 17.8 Å². The molecular weight excluding hydrogens is 814 g/mol. The second-order valence-corrected chi connectivity index (χ2v) is 14.5. The summed E-state index contributed by atoms with van der Waals surface area (Å²) in [7, 11) is 0. The zero-order valence-corrected chi connectivity index (χ0v) is 32.7. The molecule has 0 saturated carbocycles. The smallest absolute Gasteiger partial charge is 0.416 e. The number of aliphatic hydroxyl groups excluding tert-OH is 4. The number of benzene rings is 2. The van der Waals surface area contributed by atoms with Crippen LogP contribution >= 0.6 is 0 Å². The van der Waals surface area contributed by atoms with Gasteiger partial charge in [-0.05, 0) is 42.8 Å². The van der Waals surface area contributed by atoms with Crippen LogP contribution in [0.25, 0.3) is 0 Å². The van der Waals surface area contributed by atoms with Crippen LogP contribution < -0.4 is 21.3 Å². The maximum Gasteiger partial charge on any atom is 0.416 e. The van der Waals surface area contributed by atoms with Gasteiger partial charge in [0, 0.05) is 17.8 Å². The van der Waals surface area contributed by atoms with Crippen molar-refractivity contribution in [1.82, 2.24) is 10.6 Å². The molecular formula is C39H52F6N4O11. The minimum atomic E-state index is -4.75. The van der Waals surface area contributed by atoms with Crippen LogP contribution in [0.15, 0.2) is 48.5 Å². The van der Waals surface area contributed by atoms with Crippen molar-refractivity contribution < 1.29 is 80.1 Å². The number of alkyl halides is 6. The third-order valence-corrected chi connectivity index (χ3v) is 9.96. The standard InChI is InChI=1S/C39H52F6N4O11/c1-2-3-4-5-6-7-8-9-16-29(52)49-30-27(19-50)57-21-26(48-36(55)46-24-14-10-12-22(17-24)38(40,41)42)33(30)59-35-32(54)34(31(53)28(20-51)58-35)60-37(56)47-25-15-11-13-23(18-25)39(43,44)45/h10-15,17-18,26-28,30-35,50-51,53-54H,2-9,16,19-21H2,1H3,(H,47,56)(H,49,52)(H2,46,48,55)/t26?,27?,28?,30-,31-,32?,33?,34?,35+/m0/s1. The second-order valence-electron chi connectivity index (χ2n) is 14.5. The first-order valence-electron chi connectivity index (χ1n) is 19.6. The molecule has 0 bridgehead atoms. The zero-order valence-electron chi connectivity index (χ0n) is 32.7. The van der Waals surface area contributed by atoms with Crippen LogP contribution in [-0.2, 0) is 36.1 Å². The number of aliphatic hydroxyl groups is 4. The van der Waals surface area contributed by atoms with Gasteiger partial charge in [-0.2, -0.15) is 26.3 Å². The molecule has 2 aromatic rings. The monoisotopic (exact) mass is 866 g/mol. The van der Waals surface area contributed by atoms with Crippen LogP contribution in [0.3, 0.4) is 0 Å². The summed E-state index contributed by atoms with van der Waals surface area (Å²) in [5.41, 5.74) is -2.73. The second kappa shape index (κ2) is 22.6. The van der Waals surface area contributed by atoms with Crippen molar-refractivity contribution >= 4 is 29.4 Å². The maximum absolute atomic E-state index is 13.4. The normalized spacial score (nSPS) is 25.9. The van der Waals surface area contributed by atoms with Gasteiger partial charge >= 0.3 is 24.5 Å². The molecule has 2 aliphatic heterocycles. The predicted molar refractivity (Wildman–Crippen MR) is 201 cm³/mol. The van der Waals surface area contributed by atoms with Crippen molar-refractivity contribution in [2.24, 2.45) is 0 Å². The lowest BCUT2D eigenvalue weighted by Gasteiger charge is -2.47. The zero-order chi connectivity index (χ0) is 44.0. The summed E-state index contributed by atoms with van der Waals surface area (Å²) in [5, 5.41) is 52.2. The lowest BCUT2D eigenvalue weighted by atomic mass is 9.94. The van der Waals surface area contributed by atoms with Crippen LogP contribution in [0.1, 0.15) is 75.8 Å². The first kappa shape index (κ1) is 48.4. The molecule has 2 saturated heterocycles. The number of amides is 4. The first-order chi connectivity index (χ1) is 28.4. The molecule has 60 heavy (non-hydrogen) atoms. The number of urea groups is 1. The van der Waals surface area contributed by atoms with E-state index in [1.54, 1.807) is 0 Å². The molecule has 336 valence electrons. The molecule has 9 atom stereocenters. The molecule has 0 aromatic heterocycles. The van der Waals surface area contributed by atoms with E-state index in [0.29, 0.717) is 18.6 Å². The molecule has 2 heterocycles. The number of carbonyl (C=O) groups is 3. The maximum atomic E-state index is 13.4. The van der Waals surface area contributed by atoms with E-state index < -0.39 is 116 Å². The van der Waals surface area contributed by atoms with Crippen LogP contribution in [0.2, 0.25) is 0 Å². The number of hydrogen-bond acceptors (Lipinski definition) is 11. The average molecular weight is 867 g/mol. The first-order valence-corrected chi connectivity index (χ1v) is 19.6. The molecule has 2 fully saturated rings. The highest BCUT2D eigenvalue weighted by atomic mass is 19.4. The van der Waals surface area contributed by atoms with E-state index in [0.717, 1.165) is 75.3 Å².